The summed E-state index contributed by atoms with van der Waals surface area (Å²) in [6.45, 7) is 6.32. The summed E-state index contributed by atoms with van der Waals surface area (Å²) >= 11 is 3.31. The summed E-state index contributed by atoms with van der Waals surface area (Å²) in [5.41, 5.74) is 2.33. The summed E-state index contributed by atoms with van der Waals surface area (Å²) in [6.07, 6.45) is 3.95. The molecule has 0 amide bonds. The first-order valence-electron chi connectivity index (χ1n) is 8.57. The Morgan fingerprint density at radius 2 is 2.08 bits per heavy atom. The average Bonchev–Trinajstić information content (AvgIpc) is 3.03. The van der Waals surface area contributed by atoms with Crippen LogP contribution in [0.15, 0.2) is 27.3 Å². The van der Waals surface area contributed by atoms with Gasteiger partial charge in [0.15, 0.2) is 5.76 Å². The molecular formula is C19H22BrNO4. The molecule has 134 valence electrons. The number of carbonyl (C=O) groups excluding carboxylic acids is 2. The number of halogens is 1. The van der Waals surface area contributed by atoms with Gasteiger partial charge in [0.05, 0.1) is 22.2 Å². The van der Waals surface area contributed by atoms with Crippen molar-refractivity contribution in [1.29, 1.82) is 0 Å². The number of aryl methyl sites for hydroxylation is 1. The molecule has 0 bridgehead atoms. The summed E-state index contributed by atoms with van der Waals surface area (Å²) in [5, 5.41) is 0. The largest absolute Gasteiger partial charge is 0.462 e. The third-order valence-electron chi connectivity index (χ3n) is 4.44. The lowest BCUT2D eigenvalue weighted by Crippen LogP contribution is -2.21. The number of hydrogen-bond donors (Lipinski definition) is 0. The van der Waals surface area contributed by atoms with Crippen LogP contribution >= 0.6 is 15.9 Å². The maximum absolute atomic E-state index is 12.9. The Labute approximate surface area is 155 Å². The standard InChI is InChI=1S/C19H22BrNO4/c1-11(2)25-19(23)14-6-4-5-7-21-15(14)8-12(3)17(21)18(22)16-9-13(20)10-24-16/h8-11,14H,4-7H2,1-3H3. The minimum absolute atomic E-state index is 0.151. The first-order valence-corrected chi connectivity index (χ1v) is 9.37. The van der Waals surface area contributed by atoms with E-state index in [2.05, 4.69) is 15.9 Å². The van der Waals surface area contributed by atoms with Gasteiger partial charge in [-0.25, -0.2) is 0 Å². The predicted molar refractivity (Wildman–Crippen MR) is 96.8 cm³/mol. The van der Waals surface area contributed by atoms with E-state index in [1.54, 1.807) is 6.07 Å². The molecular weight excluding hydrogens is 386 g/mol. The van der Waals surface area contributed by atoms with Gasteiger partial charge in [-0.05, 0) is 61.2 Å². The Morgan fingerprint density at radius 3 is 2.72 bits per heavy atom. The highest BCUT2D eigenvalue weighted by molar-refractivity contribution is 9.10. The molecule has 0 spiro atoms. The highest BCUT2D eigenvalue weighted by atomic mass is 79.9. The molecule has 1 aliphatic rings. The number of hydrogen-bond acceptors (Lipinski definition) is 4. The maximum Gasteiger partial charge on any atom is 0.315 e. The highest BCUT2D eigenvalue weighted by Gasteiger charge is 2.32. The van der Waals surface area contributed by atoms with Crippen LogP contribution < -0.4 is 0 Å². The van der Waals surface area contributed by atoms with Crippen molar-refractivity contribution in [3.63, 3.8) is 0 Å². The van der Waals surface area contributed by atoms with Gasteiger partial charge in [0.25, 0.3) is 0 Å². The third-order valence-corrected chi connectivity index (χ3v) is 4.86. The molecule has 1 atom stereocenters. The zero-order valence-corrected chi connectivity index (χ0v) is 16.3. The van der Waals surface area contributed by atoms with E-state index in [9.17, 15) is 9.59 Å². The van der Waals surface area contributed by atoms with E-state index in [1.807, 2.05) is 31.4 Å². The van der Waals surface area contributed by atoms with Gasteiger partial charge in [0.1, 0.15) is 6.26 Å². The number of rotatable bonds is 4. The van der Waals surface area contributed by atoms with Gasteiger partial charge in [0, 0.05) is 18.3 Å². The maximum atomic E-state index is 12.9. The van der Waals surface area contributed by atoms with Crippen molar-refractivity contribution in [2.24, 2.45) is 0 Å². The van der Waals surface area contributed by atoms with Crippen molar-refractivity contribution in [1.82, 2.24) is 4.57 Å². The number of esters is 1. The molecule has 1 unspecified atom stereocenters. The lowest BCUT2D eigenvalue weighted by atomic mass is 9.99. The molecule has 25 heavy (non-hydrogen) atoms. The normalized spacial score (nSPS) is 17.2. The SMILES string of the molecule is Cc1cc2n(c1C(=O)c1cc(Br)co1)CCCCC2C(=O)OC(C)C. The van der Waals surface area contributed by atoms with Crippen LogP contribution in [0.3, 0.4) is 0 Å². The van der Waals surface area contributed by atoms with Crippen LogP contribution in [0.5, 0.6) is 0 Å². The lowest BCUT2D eigenvalue weighted by Gasteiger charge is -2.17. The van der Waals surface area contributed by atoms with Crippen molar-refractivity contribution in [3.8, 4) is 0 Å². The second-order valence-electron chi connectivity index (χ2n) is 6.74. The van der Waals surface area contributed by atoms with Crippen LogP contribution in [-0.2, 0) is 16.1 Å². The van der Waals surface area contributed by atoms with E-state index in [4.69, 9.17) is 9.15 Å². The van der Waals surface area contributed by atoms with Crippen LogP contribution in [0.25, 0.3) is 0 Å². The number of nitrogens with zero attached hydrogens (tertiary/aromatic N) is 1. The zero-order chi connectivity index (χ0) is 18.1. The number of ketones is 1. The Morgan fingerprint density at radius 1 is 1.32 bits per heavy atom. The monoisotopic (exact) mass is 407 g/mol. The molecule has 0 aliphatic carbocycles. The molecule has 5 nitrogen and oxygen atoms in total. The van der Waals surface area contributed by atoms with Gasteiger partial charge in [0.2, 0.25) is 5.78 Å². The molecule has 6 heteroatoms. The highest BCUT2D eigenvalue weighted by Crippen LogP contribution is 2.33. The van der Waals surface area contributed by atoms with Crippen molar-refractivity contribution < 1.29 is 18.7 Å². The van der Waals surface area contributed by atoms with Gasteiger partial charge in [-0.2, -0.15) is 0 Å². The van der Waals surface area contributed by atoms with Gasteiger partial charge in [-0.3, -0.25) is 9.59 Å². The second kappa shape index (κ2) is 7.20. The summed E-state index contributed by atoms with van der Waals surface area (Å²) < 4.78 is 13.5. The lowest BCUT2D eigenvalue weighted by molar-refractivity contribution is -0.149. The molecule has 0 fully saturated rings. The van der Waals surface area contributed by atoms with E-state index in [1.165, 1.54) is 6.26 Å². The quantitative estimate of drug-likeness (QED) is 0.548. The summed E-state index contributed by atoms with van der Waals surface area (Å²) in [6, 6.07) is 3.62. The molecule has 0 N–H and O–H groups in total. The number of furan rings is 1. The number of fused-ring (bicyclic) bond motifs is 1. The molecule has 2 aromatic rings. The van der Waals surface area contributed by atoms with Crippen molar-refractivity contribution in [3.05, 3.63) is 45.6 Å². The summed E-state index contributed by atoms with van der Waals surface area (Å²) in [4.78, 5) is 25.5. The molecule has 3 heterocycles. The molecule has 1 aliphatic heterocycles. The molecule has 0 aromatic carbocycles. The Bertz CT molecular complexity index is 802. The minimum atomic E-state index is -0.325. The predicted octanol–water partition coefficient (Wildman–Crippen LogP) is 4.60. The van der Waals surface area contributed by atoms with Crippen molar-refractivity contribution >= 4 is 27.7 Å². The third kappa shape index (κ3) is 3.59. The zero-order valence-electron chi connectivity index (χ0n) is 14.7. The van der Waals surface area contributed by atoms with Gasteiger partial charge >= 0.3 is 5.97 Å². The first-order chi connectivity index (χ1) is 11.9. The fourth-order valence-electron chi connectivity index (χ4n) is 3.41. The van der Waals surface area contributed by atoms with Gasteiger partial charge < -0.3 is 13.7 Å². The minimum Gasteiger partial charge on any atom is -0.462 e. The van der Waals surface area contributed by atoms with Crippen LogP contribution in [-0.4, -0.2) is 22.4 Å². The van der Waals surface area contributed by atoms with E-state index in [-0.39, 0.29) is 23.8 Å². The average molecular weight is 408 g/mol. The molecule has 0 saturated heterocycles. The molecule has 2 aromatic heterocycles. The molecule has 0 radical (unpaired) electrons. The van der Waals surface area contributed by atoms with E-state index in [0.29, 0.717) is 11.5 Å². The Hall–Kier alpha value is -1.82. The first kappa shape index (κ1) is 18.0. The van der Waals surface area contributed by atoms with E-state index >= 15 is 0 Å². The second-order valence-corrected chi connectivity index (χ2v) is 7.66. The number of ether oxygens (including phenoxy) is 1. The number of aromatic nitrogens is 1. The smallest absolute Gasteiger partial charge is 0.315 e. The summed E-state index contributed by atoms with van der Waals surface area (Å²) in [7, 11) is 0. The fraction of sp³-hybridized carbons (Fsp3) is 0.474. The van der Waals surface area contributed by atoms with E-state index in [0.717, 1.165) is 41.5 Å². The Balaban J connectivity index is 2.02. The fourth-order valence-corrected chi connectivity index (χ4v) is 3.71. The van der Waals surface area contributed by atoms with Crippen LogP contribution in [0.4, 0.5) is 0 Å². The van der Waals surface area contributed by atoms with Crippen LogP contribution in [0, 0.1) is 6.92 Å². The Kier molecular flexibility index (Phi) is 5.18. The van der Waals surface area contributed by atoms with Crippen LogP contribution in [0.1, 0.15) is 66.5 Å². The van der Waals surface area contributed by atoms with E-state index < -0.39 is 0 Å². The van der Waals surface area contributed by atoms with Crippen molar-refractivity contribution in [2.75, 3.05) is 0 Å². The molecule has 0 saturated carbocycles. The molecule has 3 rings (SSSR count). The topological polar surface area (TPSA) is 61.4 Å². The van der Waals surface area contributed by atoms with Crippen LogP contribution in [0.2, 0.25) is 0 Å². The van der Waals surface area contributed by atoms with Gasteiger partial charge in [-0.15, -0.1) is 0 Å². The van der Waals surface area contributed by atoms with Crippen molar-refractivity contribution in [2.45, 2.75) is 58.6 Å². The number of carbonyl (C=O) groups is 2. The summed E-state index contributed by atoms with van der Waals surface area (Å²) in [5.74, 6) is -0.405. The van der Waals surface area contributed by atoms with Gasteiger partial charge in [-0.1, -0.05) is 6.42 Å².